The van der Waals surface area contributed by atoms with Gasteiger partial charge in [0, 0.05) is 12.6 Å². The van der Waals surface area contributed by atoms with Crippen LogP contribution in [0.15, 0.2) is 47.4 Å². The number of nitrogens with one attached hydrogen (secondary N) is 1. The highest BCUT2D eigenvalue weighted by Crippen LogP contribution is 2.32. The molecular weight excluding hydrogens is 400 g/mol. The number of hydrogen-bond donors (Lipinski definition) is 2. The number of sulfonamides is 1. The monoisotopic (exact) mass is 424 g/mol. The zero-order chi connectivity index (χ0) is 21.4. The fourth-order valence-electron chi connectivity index (χ4n) is 2.55. The molecule has 0 aliphatic rings. The Kier molecular flexibility index (Phi) is 7.68. The Balaban J connectivity index is 2.48. The van der Waals surface area contributed by atoms with Crippen molar-refractivity contribution in [2.45, 2.75) is 4.90 Å². The van der Waals surface area contributed by atoms with Crippen molar-refractivity contribution in [2.24, 2.45) is 0 Å². The molecule has 0 saturated carbocycles. The highest BCUT2D eigenvalue weighted by Gasteiger charge is 2.28. The van der Waals surface area contributed by atoms with Gasteiger partial charge >= 0.3 is 0 Å². The Hall–Kier alpha value is -2.98. The van der Waals surface area contributed by atoms with E-state index in [9.17, 15) is 13.2 Å². The van der Waals surface area contributed by atoms with Crippen molar-refractivity contribution in [3.8, 4) is 17.2 Å². The molecule has 2 N–H and O–H groups in total. The third-order valence-electron chi connectivity index (χ3n) is 4.02. The molecule has 0 unspecified atom stereocenters. The summed E-state index contributed by atoms with van der Waals surface area (Å²) in [6.45, 7) is -0.703. The molecule has 0 radical (unpaired) electrons. The maximum absolute atomic E-state index is 13.3. The van der Waals surface area contributed by atoms with E-state index in [1.54, 1.807) is 12.1 Å². The van der Waals surface area contributed by atoms with Crippen molar-refractivity contribution in [3.05, 3.63) is 42.5 Å². The lowest BCUT2D eigenvalue weighted by molar-refractivity contribution is -0.119. The van der Waals surface area contributed by atoms with Crippen molar-refractivity contribution in [1.82, 2.24) is 5.32 Å². The van der Waals surface area contributed by atoms with Crippen molar-refractivity contribution < 1.29 is 32.5 Å². The molecule has 0 bridgehead atoms. The number of carbonyl (C=O) groups excluding carboxylic acids is 1. The Bertz CT molecular complexity index is 930. The molecule has 0 aliphatic carbocycles. The molecule has 2 aromatic rings. The molecule has 0 atom stereocenters. The number of amides is 1. The first-order chi connectivity index (χ1) is 13.9. The molecule has 0 spiro atoms. The highest BCUT2D eigenvalue weighted by molar-refractivity contribution is 7.92. The van der Waals surface area contributed by atoms with E-state index >= 15 is 0 Å². The third-order valence-corrected chi connectivity index (χ3v) is 5.79. The largest absolute Gasteiger partial charge is 0.497 e. The van der Waals surface area contributed by atoms with E-state index in [4.69, 9.17) is 19.3 Å². The number of hydrogen-bond acceptors (Lipinski definition) is 7. The number of carbonyl (C=O) groups is 1. The number of rotatable bonds is 10. The first-order valence-corrected chi connectivity index (χ1v) is 10.1. The van der Waals surface area contributed by atoms with E-state index in [0.717, 1.165) is 4.31 Å². The number of ether oxygens (including phenoxy) is 3. The van der Waals surface area contributed by atoms with Crippen molar-refractivity contribution in [3.63, 3.8) is 0 Å². The zero-order valence-electron chi connectivity index (χ0n) is 16.4. The van der Waals surface area contributed by atoms with Crippen LogP contribution in [0, 0.1) is 0 Å². The Morgan fingerprint density at radius 1 is 1.00 bits per heavy atom. The minimum Gasteiger partial charge on any atom is -0.497 e. The number of aliphatic hydroxyl groups excluding tert-OH is 1. The lowest BCUT2D eigenvalue weighted by atomic mass is 10.3. The van der Waals surface area contributed by atoms with Crippen LogP contribution in [0.3, 0.4) is 0 Å². The number of benzene rings is 2. The van der Waals surface area contributed by atoms with Crippen LogP contribution in [0.5, 0.6) is 17.2 Å². The smallest absolute Gasteiger partial charge is 0.264 e. The van der Waals surface area contributed by atoms with Crippen LogP contribution in [0.1, 0.15) is 0 Å². The molecule has 0 fully saturated rings. The van der Waals surface area contributed by atoms with Gasteiger partial charge in [0.25, 0.3) is 10.0 Å². The molecule has 10 heteroatoms. The van der Waals surface area contributed by atoms with Crippen LogP contribution in [0.25, 0.3) is 0 Å². The average molecular weight is 424 g/mol. The highest BCUT2D eigenvalue weighted by atomic mass is 32.2. The quantitative estimate of drug-likeness (QED) is 0.585. The minimum atomic E-state index is -4.12. The molecule has 1 amide bonds. The van der Waals surface area contributed by atoms with E-state index < -0.39 is 22.5 Å². The summed E-state index contributed by atoms with van der Waals surface area (Å²) >= 11 is 0. The SMILES string of the molecule is COc1ccc(N(CC(=O)NCCO)S(=O)(=O)c2ccc(OC)c(OC)c2)cc1. The molecule has 29 heavy (non-hydrogen) atoms. The van der Waals surface area contributed by atoms with Crippen LogP contribution < -0.4 is 23.8 Å². The van der Waals surface area contributed by atoms with Gasteiger partial charge in [0.2, 0.25) is 5.91 Å². The summed E-state index contributed by atoms with van der Waals surface area (Å²) in [5, 5.41) is 11.3. The third kappa shape index (κ3) is 5.30. The number of methoxy groups -OCH3 is 3. The van der Waals surface area contributed by atoms with Crippen LogP contribution in [0.2, 0.25) is 0 Å². The maximum atomic E-state index is 13.3. The van der Waals surface area contributed by atoms with E-state index in [0.29, 0.717) is 11.5 Å². The van der Waals surface area contributed by atoms with Gasteiger partial charge < -0.3 is 24.6 Å². The predicted molar refractivity (Wildman–Crippen MR) is 107 cm³/mol. The van der Waals surface area contributed by atoms with Crippen molar-refractivity contribution in [1.29, 1.82) is 0 Å². The normalized spacial score (nSPS) is 10.9. The first-order valence-electron chi connectivity index (χ1n) is 8.63. The number of nitrogens with zero attached hydrogens (tertiary/aromatic N) is 1. The van der Waals surface area contributed by atoms with Crippen molar-refractivity contribution >= 4 is 21.6 Å². The summed E-state index contributed by atoms with van der Waals surface area (Å²) in [7, 11) is 0.224. The standard InChI is InChI=1S/C19H24N2O7S/c1-26-15-6-4-14(5-7-15)21(13-19(23)20-10-11-22)29(24,25)16-8-9-17(27-2)18(12-16)28-3/h4-9,12,22H,10-11,13H2,1-3H3,(H,20,23). The topological polar surface area (TPSA) is 114 Å². The summed E-state index contributed by atoms with van der Waals surface area (Å²) < 4.78 is 43.1. The van der Waals surface area contributed by atoms with Gasteiger partial charge in [-0.2, -0.15) is 0 Å². The summed E-state index contributed by atoms with van der Waals surface area (Å²) in [4.78, 5) is 12.1. The predicted octanol–water partition coefficient (Wildman–Crippen LogP) is 1.02. The van der Waals surface area contributed by atoms with Gasteiger partial charge in [-0.1, -0.05) is 0 Å². The molecular formula is C19H24N2O7S. The number of anilines is 1. The lowest BCUT2D eigenvalue weighted by Gasteiger charge is -2.24. The van der Waals surface area contributed by atoms with Gasteiger partial charge in [0.05, 0.1) is 38.5 Å². The molecule has 2 rings (SSSR count). The Labute approximate surface area is 169 Å². The van der Waals surface area contributed by atoms with Gasteiger partial charge in [0.1, 0.15) is 12.3 Å². The molecule has 0 heterocycles. The minimum absolute atomic E-state index is 0.0195. The van der Waals surface area contributed by atoms with Crippen molar-refractivity contribution in [2.75, 3.05) is 45.3 Å². The second-order valence-corrected chi connectivity index (χ2v) is 7.66. The van der Waals surface area contributed by atoms with Crippen LogP contribution >= 0.6 is 0 Å². The molecule has 2 aromatic carbocycles. The van der Waals surface area contributed by atoms with Gasteiger partial charge in [-0.05, 0) is 36.4 Å². The van der Waals surface area contributed by atoms with Crippen LogP contribution in [-0.4, -0.2) is 60.5 Å². The van der Waals surface area contributed by atoms with Gasteiger partial charge in [-0.3, -0.25) is 9.10 Å². The lowest BCUT2D eigenvalue weighted by Crippen LogP contribution is -2.41. The van der Waals surface area contributed by atoms with E-state index in [2.05, 4.69) is 5.32 Å². The summed E-state index contributed by atoms with van der Waals surface area (Å²) in [6, 6.07) is 10.4. The van der Waals surface area contributed by atoms with E-state index in [1.165, 1.54) is 51.7 Å². The fourth-order valence-corrected chi connectivity index (χ4v) is 3.99. The van der Waals surface area contributed by atoms with Gasteiger partial charge in [-0.15, -0.1) is 0 Å². The first kappa shape index (κ1) is 22.3. The summed E-state index contributed by atoms with van der Waals surface area (Å²) in [5.74, 6) is 0.608. The van der Waals surface area contributed by atoms with Crippen LogP contribution in [-0.2, 0) is 14.8 Å². The molecule has 9 nitrogen and oxygen atoms in total. The van der Waals surface area contributed by atoms with E-state index in [-0.39, 0.29) is 29.5 Å². The summed E-state index contributed by atoms with van der Waals surface area (Å²) in [6.07, 6.45) is 0. The maximum Gasteiger partial charge on any atom is 0.264 e. The zero-order valence-corrected chi connectivity index (χ0v) is 17.2. The van der Waals surface area contributed by atoms with E-state index in [1.807, 2.05) is 0 Å². The molecule has 0 aromatic heterocycles. The molecule has 0 aliphatic heterocycles. The summed E-state index contributed by atoms with van der Waals surface area (Å²) in [5.41, 5.74) is 0.278. The molecule has 158 valence electrons. The average Bonchev–Trinajstić information content (AvgIpc) is 2.75. The Morgan fingerprint density at radius 3 is 2.21 bits per heavy atom. The fraction of sp³-hybridized carbons (Fsp3) is 0.316. The van der Waals surface area contributed by atoms with Crippen LogP contribution in [0.4, 0.5) is 5.69 Å². The Morgan fingerprint density at radius 2 is 1.66 bits per heavy atom. The number of aliphatic hydroxyl groups is 1. The second kappa shape index (κ2) is 9.99. The van der Waals surface area contributed by atoms with Gasteiger partial charge in [-0.25, -0.2) is 8.42 Å². The second-order valence-electron chi connectivity index (χ2n) is 5.80. The molecule has 0 saturated heterocycles. The van der Waals surface area contributed by atoms with Gasteiger partial charge in [0.15, 0.2) is 11.5 Å².